The lowest BCUT2D eigenvalue weighted by Gasteiger charge is -2.08. The Morgan fingerprint density at radius 2 is 2.14 bits per heavy atom. The van der Waals surface area contributed by atoms with Crippen molar-refractivity contribution >= 4 is 12.6 Å². The van der Waals surface area contributed by atoms with Gasteiger partial charge in [-0.05, 0) is 24.7 Å². The van der Waals surface area contributed by atoms with Crippen LogP contribution in [-0.4, -0.2) is 15.7 Å². The lowest BCUT2D eigenvalue weighted by molar-refractivity contribution is 0.685. The lowest BCUT2D eigenvalue weighted by atomic mass is 10.0. The number of aromatic nitrogens is 2. The summed E-state index contributed by atoms with van der Waals surface area (Å²) in [4.78, 5) is 8.83. The molecule has 0 atom stereocenters. The van der Waals surface area contributed by atoms with Gasteiger partial charge in [0.1, 0.15) is 5.82 Å². The fourth-order valence-electron chi connectivity index (χ4n) is 2.08. The maximum absolute atomic E-state index is 4.58. The summed E-state index contributed by atoms with van der Waals surface area (Å²) < 4.78 is 0. The SMILES string of the molecule is SCCc1nccc(C2CCCC2)n1. The van der Waals surface area contributed by atoms with Crippen LogP contribution in [0.4, 0.5) is 0 Å². The summed E-state index contributed by atoms with van der Waals surface area (Å²) >= 11 is 4.20. The molecule has 14 heavy (non-hydrogen) atoms. The van der Waals surface area contributed by atoms with Crippen LogP contribution in [-0.2, 0) is 6.42 Å². The third-order valence-electron chi connectivity index (χ3n) is 2.84. The molecule has 1 heterocycles. The fraction of sp³-hybridized carbons (Fsp3) is 0.636. The molecule has 0 amide bonds. The maximum Gasteiger partial charge on any atom is 0.129 e. The number of hydrogen-bond acceptors (Lipinski definition) is 3. The van der Waals surface area contributed by atoms with Gasteiger partial charge in [0.25, 0.3) is 0 Å². The molecule has 1 saturated carbocycles. The number of hydrogen-bond donors (Lipinski definition) is 1. The quantitative estimate of drug-likeness (QED) is 0.773. The molecule has 0 spiro atoms. The van der Waals surface area contributed by atoms with E-state index in [1.807, 2.05) is 6.20 Å². The number of thiol groups is 1. The van der Waals surface area contributed by atoms with Crippen LogP contribution >= 0.6 is 12.6 Å². The molecule has 76 valence electrons. The van der Waals surface area contributed by atoms with E-state index in [4.69, 9.17) is 0 Å². The lowest BCUT2D eigenvalue weighted by Crippen LogP contribution is -2.02. The Balaban J connectivity index is 2.12. The molecule has 1 fully saturated rings. The van der Waals surface area contributed by atoms with Gasteiger partial charge < -0.3 is 0 Å². The van der Waals surface area contributed by atoms with Gasteiger partial charge >= 0.3 is 0 Å². The van der Waals surface area contributed by atoms with Crippen LogP contribution in [0, 0.1) is 0 Å². The van der Waals surface area contributed by atoms with Crippen molar-refractivity contribution in [1.29, 1.82) is 0 Å². The molecular formula is C11H16N2S. The van der Waals surface area contributed by atoms with Gasteiger partial charge in [0, 0.05) is 24.2 Å². The van der Waals surface area contributed by atoms with Crippen molar-refractivity contribution < 1.29 is 0 Å². The Labute approximate surface area is 90.6 Å². The van der Waals surface area contributed by atoms with Crippen molar-refractivity contribution in [3.05, 3.63) is 23.8 Å². The van der Waals surface area contributed by atoms with Crippen LogP contribution in [0.2, 0.25) is 0 Å². The second-order valence-corrected chi connectivity index (χ2v) is 4.30. The highest BCUT2D eigenvalue weighted by molar-refractivity contribution is 7.80. The van der Waals surface area contributed by atoms with Crippen LogP contribution in [0.15, 0.2) is 12.3 Å². The molecule has 0 aliphatic heterocycles. The van der Waals surface area contributed by atoms with Crippen molar-refractivity contribution in [3.63, 3.8) is 0 Å². The first-order valence-corrected chi connectivity index (χ1v) is 5.96. The summed E-state index contributed by atoms with van der Waals surface area (Å²) in [5.74, 6) is 2.47. The van der Waals surface area contributed by atoms with Crippen molar-refractivity contribution in [2.75, 3.05) is 5.75 Å². The molecule has 2 nitrogen and oxygen atoms in total. The minimum absolute atomic E-state index is 0.691. The highest BCUT2D eigenvalue weighted by atomic mass is 32.1. The molecular weight excluding hydrogens is 192 g/mol. The minimum atomic E-state index is 0.691. The molecule has 1 aromatic heterocycles. The minimum Gasteiger partial charge on any atom is -0.241 e. The predicted octanol–water partition coefficient (Wildman–Crippen LogP) is 2.61. The van der Waals surface area contributed by atoms with E-state index >= 15 is 0 Å². The Bertz CT molecular complexity index is 295. The van der Waals surface area contributed by atoms with Gasteiger partial charge in [-0.15, -0.1) is 0 Å². The van der Waals surface area contributed by atoms with E-state index in [0.717, 1.165) is 18.0 Å². The molecule has 1 aliphatic carbocycles. The van der Waals surface area contributed by atoms with Crippen molar-refractivity contribution in [3.8, 4) is 0 Å². The summed E-state index contributed by atoms with van der Waals surface area (Å²) in [6.45, 7) is 0. The molecule has 0 N–H and O–H groups in total. The second-order valence-electron chi connectivity index (χ2n) is 3.85. The molecule has 1 aliphatic rings. The summed E-state index contributed by atoms with van der Waals surface area (Å²) in [6, 6.07) is 2.07. The van der Waals surface area contributed by atoms with Crippen LogP contribution in [0.25, 0.3) is 0 Å². The van der Waals surface area contributed by atoms with Crippen molar-refractivity contribution in [2.24, 2.45) is 0 Å². The van der Waals surface area contributed by atoms with E-state index in [2.05, 4.69) is 28.7 Å². The molecule has 2 rings (SSSR count). The first-order valence-electron chi connectivity index (χ1n) is 5.33. The van der Waals surface area contributed by atoms with Gasteiger partial charge in [0.05, 0.1) is 0 Å². The average Bonchev–Trinajstić information content (AvgIpc) is 2.71. The monoisotopic (exact) mass is 208 g/mol. The Hall–Kier alpha value is -0.570. The van der Waals surface area contributed by atoms with Crippen LogP contribution in [0.5, 0.6) is 0 Å². The first-order chi connectivity index (χ1) is 6.90. The molecule has 0 bridgehead atoms. The second kappa shape index (κ2) is 4.78. The van der Waals surface area contributed by atoms with Crippen LogP contribution in [0.1, 0.15) is 43.1 Å². The van der Waals surface area contributed by atoms with Gasteiger partial charge in [-0.25, -0.2) is 9.97 Å². The Kier molecular flexibility index (Phi) is 3.40. The van der Waals surface area contributed by atoms with Crippen LogP contribution in [0.3, 0.4) is 0 Å². The van der Waals surface area contributed by atoms with E-state index in [0.29, 0.717) is 5.92 Å². The van der Waals surface area contributed by atoms with E-state index < -0.39 is 0 Å². The topological polar surface area (TPSA) is 25.8 Å². The zero-order valence-corrected chi connectivity index (χ0v) is 9.21. The Morgan fingerprint density at radius 1 is 1.36 bits per heavy atom. The third kappa shape index (κ3) is 2.27. The normalized spacial score (nSPS) is 17.5. The number of aryl methyl sites for hydroxylation is 1. The number of nitrogens with zero attached hydrogens (tertiary/aromatic N) is 2. The predicted molar refractivity (Wildman–Crippen MR) is 60.8 cm³/mol. The first kappa shape index (κ1) is 9.97. The molecule has 0 saturated heterocycles. The third-order valence-corrected chi connectivity index (χ3v) is 3.06. The van der Waals surface area contributed by atoms with Crippen LogP contribution < -0.4 is 0 Å². The van der Waals surface area contributed by atoms with Gasteiger partial charge in [0.2, 0.25) is 0 Å². The summed E-state index contributed by atoms with van der Waals surface area (Å²) in [5, 5.41) is 0. The zero-order valence-electron chi connectivity index (χ0n) is 8.32. The molecule has 3 heteroatoms. The maximum atomic E-state index is 4.58. The van der Waals surface area contributed by atoms with Gasteiger partial charge in [-0.1, -0.05) is 12.8 Å². The van der Waals surface area contributed by atoms with Gasteiger partial charge in [-0.2, -0.15) is 12.6 Å². The molecule has 0 aromatic carbocycles. The molecule has 0 unspecified atom stereocenters. The highest BCUT2D eigenvalue weighted by Gasteiger charge is 2.18. The van der Waals surface area contributed by atoms with E-state index in [1.165, 1.54) is 31.4 Å². The number of rotatable bonds is 3. The average molecular weight is 208 g/mol. The van der Waals surface area contributed by atoms with Gasteiger partial charge in [0.15, 0.2) is 0 Å². The summed E-state index contributed by atoms with van der Waals surface area (Å²) in [5.41, 5.74) is 1.24. The van der Waals surface area contributed by atoms with E-state index in [1.54, 1.807) is 0 Å². The van der Waals surface area contributed by atoms with E-state index in [-0.39, 0.29) is 0 Å². The highest BCUT2D eigenvalue weighted by Crippen LogP contribution is 2.32. The molecule has 0 radical (unpaired) electrons. The van der Waals surface area contributed by atoms with E-state index in [9.17, 15) is 0 Å². The Morgan fingerprint density at radius 3 is 2.86 bits per heavy atom. The summed E-state index contributed by atoms with van der Waals surface area (Å²) in [6.07, 6.45) is 8.09. The zero-order chi connectivity index (χ0) is 9.80. The van der Waals surface area contributed by atoms with Gasteiger partial charge in [-0.3, -0.25) is 0 Å². The van der Waals surface area contributed by atoms with Crippen molar-refractivity contribution in [1.82, 2.24) is 9.97 Å². The largest absolute Gasteiger partial charge is 0.241 e. The standard InChI is InChI=1S/C11H16N2S/c14-8-6-11-12-7-5-10(13-11)9-3-1-2-4-9/h5,7,9,14H,1-4,6,8H2. The molecule has 1 aromatic rings. The van der Waals surface area contributed by atoms with Crippen molar-refractivity contribution in [2.45, 2.75) is 38.0 Å². The smallest absolute Gasteiger partial charge is 0.129 e. The summed E-state index contributed by atoms with van der Waals surface area (Å²) in [7, 11) is 0. The fourth-order valence-corrected chi connectivity index (χ4v) is 2.28.